The molecule has 5 nitrogen and oxygen atoms in total. The molecule has 0 bridgehead atoms. The highest BCUT2D eigenvalue weighted by atomic mass is 32.1. The number of hydrogen-bond acceptors (Lipinski definition) is 6. The molecule has 2 aliphatic rings. The van der Waals surface area contributed by atoms with E-state index in [1.807, 2.05) is 42.5 Å². The van der Waals surface area contributed by atoms with Crippen LogP contribution in [0.15, 0.2) is 48.7 Å². The fourth-order valence-corrected chi connectivity index (χ4v) is 7.19. The summed E-state index contributed by atoms with van der Waals surface area (Å²) in [6, 6.07) is 14.7. The van der Waals surface area contributed by atoms with Crippen LogP contribution in [0.25, 0.3) is 11.3 Å². The van der Waals surface area contributed by atoms with Gasteiger partial charge in [0.15, 0.2) is 10.9 Å². The normalized spacial score (nSPS) is 21.6. The van der Waals surface area contributed by atoms with Gasteiger partial charge in [-0.2, -0.15) is 0 Å². The lowest BCUT2D eigenvalue weighted by Gasteiger charge is -2.36. The highest BCUT2D eigenvalue weighted by Crippen LogP contribution is 2.35. The molecule has 2 aromatic heterocycles. The van der Waals surface area contributed by atoms with Crippen LogP contribution in [0.5, 0.6) is 0 Å². The van der Waals surface area contributed by atoms with Crippen molar-refractivity contribution in [1.82, 2.24) is 14.9 Å². The molecule has 1 fully saturated rings. The van der Waals surface area contributed by atoms with Gasteiger partial charge >= 0.3 is 0 Å². The molecule has 0 saturated heterocycles. The molecule has 2 N–H and O–H groups in total. The molecule has 6 heteroatoms. The number of carbonyl (C=O) groups is 1. The summed E-state index contributed by atoms with van der Waals surface area (Å²) in [5.74, 6) is 1.54. The van der Waals surface area contributed by atoms with Crippen LogP contribution in [0.1, 0.15) is 79.2 Å². The maximum atomic E-state index is 12.9. The number of fused-ring (bicyclic) bond motifs is 1. The number of carbonyl (C=O) groups excluding carboxylic acids is 1. The number of nitrogens with two attached hydrogens (primary N) is 1. The van der Waals surface area contributed by atoms with E-state index in [9.17, 15) is 4.79 Å². The number of hydrogen-bond donors (Lipinski definition) is 1. The van der Waals surface area contributed by atoms with Crippen molar-refractivity contribution in [3.05, 3.63) is 64.8 Å². The Morgan fingerprint density at radius 3 is 2.54 bits per heavy atom. The van der Waals surface area contributed by atoms with Crippen LogP contribution < -0.4 is 5.73 Å². The Bertz CT molecular complexity index is 1150. The second-order valence-corrected chi connectivity index (χ2v) is 12.1. The average Bonchev–Trinajstić information content (AvgIpc) is 3.31. The molecule has 0 unspecified atom stereocenters. The van der Waals surface area contributed by atoms with Gasteiger partial charge in [-0.15, -0.1) is 11.3 Å². The van der Waals surface area contributed by atoms with Crippen molar-refractivity contribution in [2.24, 2.45) is 11.8 Å². The third-order valence-electron chi connectivity index (χ3n) is 8.38. The summed E-state index contributed by atoms with van der Waals surface area (Å²) >= 11 is 1.69. The number of nitrogen functional groups attached to an aromatic ring is 1. The molecule has 0 spiro atoms. The second-order valence-electron chi connectivity index (χ2n) is 11.0. The van der Waals surface area contributed by atoms with Gasteiger partial charge in [0.05, 0.1) is 11.4 Å². The van der Waals surface area contributed by atoms with E-state index in [1.165, 1.54) is 68.6 Å². The van der Waals surface area contributed by atoms with Gasteiger partial charge in [0, 0.05) is 34.7 Å². The van der Waals surface area contributed by atoms with Crippen LogP contribution in [0, 0.1) is 11.8 Å². The third-order valence-corrected chi connectivity index (χ3v) is 9.33. The molecule has 196 valence electrons. The first-order valence-corrected chi connectivity index (χ1v) is 14.9. The maximum absolute atomic E-state index is 12.9. The second kappa shape index (κ2) is 12.3. The summed E-state index contributed by atoms with van der Waals surface area (Å²) in [6.45, 7) is 4.66. The van der Waals surface area contributed by atoms with Crippen LogP contribution in [0.4, 0.5) is 5.13 Å². The molecule has 1 saturated carbocycles. The van der Waals surface area contributed by atoms with Crippen molar-refractivity contribution in [2.75, 3.05) is 18.8 Å². The number of pyridine rings is 1. The highest BCUT2D eigenvalue weighted by molar-refractivity contribution is 7.15. The van der Waals surface area contributed by atoms with Crippen LogP contribution in [-0.4, -0.2) is 39.8 Å². The first-order chi connectivity index (χ1) is 18.1. The van der Waals surface area contributed by atoms with Crippen molar-refractivity contribution < 1.29 is 4.79 Å². The van der Waals surface area contributed by atoms with Crippen LogP contribution in [-0.2, 0) is 12.8 Å². The van der Waals surface area contributed by atoms with E-state index in [1.54, 1.807) is 17.5 Å². The number of anilines is 1. The number of benzene rings is 1. The smallest absolute Gasteiger partial charge is 0.180 e. The number of aryl methyl sites for hydroxylation is 1. The molecule has 0 aliphatic heterocycles. The van der Waals surface area contributed by atoms with Gasteiger partial charge in [-0.05, 0) is 82.0 Å². The minimum atomic E-state index is 0.241. The molecule has 1 atom stereocenters. The SMILES string of the molecule is CCCN(CCC1CCC(CC(=O)c2ccc(-c3ccccc3)nc2)CC1)[C@H]1CCc2nc(N)sc2C1. The lowest BCUT2D eigenvalue weighted by atomic mass is 9.78. The van der Waals surface area contributed by atoms with Gasteiger partial charge in [0.2, 0.25) is 0 Å². The summed E-state index contributed by atoms with van der Waals surface area (Å²) < 4.78 is 0. The maximum Gasteiger partial charge on any atom is 0.180 e. The topological polar surface area (TPSA) is 72.1 Å². The Labute approximate surface area is 225 Å². The number of thiazole rings is 1. The van der Waals surface area contributed by atoms with Crippen LogP contribution >= 0.6 is 11.3 Å². The molecule has 0 radical (unpaired) electrons. The summed E-state index contributed by atoms with van der Waals surface area (Å²) in [7, 11) is 0. The zero-order chi connectivity index (χ0) is 25.6. The number of rotatable bonds is 10. The standard InChI is InChI=1S/C31H40N4OS/c1-2-17-35(26-13-15-28-30(20-26)37-31(32)34-28)18-16-22-8-10-23(11-9-22)19-29(36)25-12-14-27(33-21-25)24-6-4-3-5-7-24/h3-7,12,14,21-23,26H,2,8-11,13,15-20H2,1H3,(H2,32,34)/t22?,23?,26-/m0/s1. The summed E-state index contributed by atoms with van der Waals surface area (Å²) in [6.07, 6.45) is 13.1. The quantitative estimate of drug-likeness (QED) is 0.299. The Balaban J connectivity index is 1.07. The monoisotopic (exact) mass is 516 g/mol. The molecule has 0 amide bonds. The van der Waals surface area contributed by atoms with Gasteiger partial charge in [0.25, 0.3) is 0 Å². The summed E-state index contributed by atoms with van der Waals surface area (Å²) in [5.41, 5.74) is 9.95. The van der Waals surface area contributed by atoms with E-state index in [4.69, 9.17) is 5.73 Å². The van der Waals surface area contributed by atoms with Gasteiger partial charge < -0.3 is 10.6 Å². The van der Waals surface area contributed by atoms with Crippen molar-refractivity contribution in [3.63, 3.8) is 0 Å². The fourth-order valence-electron chi connectivity index (χ4n) is 6.24. The first-order valence-electron chi connectivity index (χ1n) is 14.1. The number of ketones is 1. The van der Waals surface area contributed by atoms with Gasteiger partial charge in [0.1, 0.15) is 0 Å². The number of nitrogens with zero attached hydrogens (tertiary/aromatic N) is 3. The first kappa shape index (κ1) is 26.1. The fraction of sp³-hybridized carbons (Fsp3) is 0.516. The molecule has 2 heterocycles. The Hall–Kier alpha value is -2.57. The molecule has 5 rings (SSSR count). The van der Waals surface area contributed by atoms with Crippen LogP contribution in [0.2, 0.25) is 0 Å². The van der Waals surface area contributed by atoms with E-state index < -0.39 is 0 Å². The van der Waals surface area contributed by atoms with Gasteiger partial charge in [-0.25, -0.2) is 4.98 Å². The third kappa shape index (κ3) is 6.66. The van der Waals surface area contributed by atoms with Gasteiger partial charge in [-0.1, -0.05) is 50.1 Å². The van der Waals surface area contributed by atoms with Crippen molar-refractivity contribution in [2.45, 2.75) is 77.2 Å². The Morgan fingerprint density at radius 2 is 1.81 bits per heavy atom. The van der Waals surface area contributed by atoms with E-state index in [-0.39, 0.29) is 5.78 Å². The number of aromatic nitrogens is 2. The van der Waals surface area contributed by atoms with E-state index in [2.05, 4.69) is 21.8 Å². The van der Waals surface area contributed by atoms with E-state index >= 15 is 0 Å². The van der Waals surface area contributed by atoms with Crippen molar-refractivity contribution in [3.8, 4) is 11.3 Å². The highest BCUT2D eigenvalue weighted by Gasteiger charge is 2.28. The molecule has 37 heavy (non-hydrogen) atoms. The average molecular weight is 517 g/mol. The largest absolute Gasteiger partial charge is 0.375 e. The minimum Gasteiger partial charge on any atom is -0.375 e. The predicted octanol–water partition coefficient (Wildman–Crippen LogP) is 6.83. The van der Waals surface area contributed by atoms with Crippen molar-refractivity contribution in [1.29, 1.82) is 0 Å². The van der Waals surface area contributed by atoms with Crippen LogP contribution in [0.3, 0.4) is 0 Å². The Morgan fingerprint density at radius 1 is 1.03 bits per heavy atom. The van der Waals surface area contributed by atoms with Crippen molar-refractivity contribution >= 4 is 22.3 Å². The zero-order valence-electron chi connectivity index (χ0n) is 22.1. The number of Topliss-reactive ketones (excluding diaryl/α,β-unsaturated/α-hetero) is 1. The molecule has 2 aliphatic carbocycles. The van der Waals surface area contributed by atoms with Gasteiger partial charge in [-0.3, -0.25) is 9.78 Å². The molecule has 3 aromatic rings. The molecular formula is C31H40N4OS. The summed E-state index contributed by atoms with van der Waals surface area (Å²) in [4.78, 5) is 26.2. The summed E-state index contributed by atoms with van der Waals surface area (Å²) in [5, 5.41) is 0.725. The Kier molecular flexibility index (Phi) is 8.67. The minimum absolute atomic E-state index is 0.241. The zero-order valence-corrected chi connectivity index (χ0v) is 22.9. The predicted molar refractivity (Wildman–Crippen MR) is 153 cm³/mol. The lowest BCUT2D eigenvalue weighted by Crippen LogP contribution is -2.41. The molecular weight excluding hydrogens is 476 g/mol. The molecule has 1 aromatic carbocycles. The van der Waals surface area contributed by atoms with E-state index in [0.29, 0.717) is 18.4 Å². The van der Waals surface area contributed by atoms with E-state index in [0.717, 1.165) is 40.7 Å². The lowest BCUT2D eigenvalue weighted by molar-refractivity contribution is 0.0937.